The van der Waals surface area contributed by atoms with E-state index in [0.717, 1.165) is 6.42 Å². The molecule has 0 bridgehead atoms. The van der Waals surface area contributed by atoms with Crippen molar-refractivity contribution >= 4 is 23.1 Å². The second-order valence-electron chi connectivity index (χ2n) is 4.31. The molecule has 0 heterocycles. The zero-order valence-electron chi connectivity index (χ0n) is 9.85. The van der Waals surface area contributed by atoms with Crippen molar-refractivity contribution in [1.82, 2.24) is 0 Å². The fraction of sp³-hybridized carbons (Fsp3) is 0.385. The Hall–Kier alpha value is 0.423. The summed E-state index contributed by atoms with van der Waals surface area (Å²) in [6.45, 7) is 6.73. The van der Waals surface area contributed by atoms with E-state index in [0.29, 0.717) is 5.92 Å². The van der Waals surface area contributed by atoms with E-state index < -0.39 is 20.8 Å². The second-order valence-corrected chi connectivity index (χ2v) is 8.05. The van der Waals surface area contributed by atoms with Crippen LogP contribution in [0.15, 0.2) is 23.8 Å². The molecular weight excluding hydrogens is 318 g/mol. The molecule has 2 rings (SSSR count). The molecule has 0 unspecified atom stereocenters. The number of halogens is 2. The van der Waals surface area contributed by atoms with E-state index in [2.05, 4.69) is 45.0 Å². The monoisotopic (exact) mass is 332 g/mol. The maximum absolute atomic E-state index is 4.93. The Labute approximate surface area is 117 Å². The average Bonchev–Trinajstić information content (AvgIpc) is 2.58. The van der Waals surface area contributed by atoms with Gasteiger partial charge < -0.3 is 0 Å². The Morgan fingerprint density at radius 3 is 2.44 bits per heavy atom. The topological polar surface area (TPSA) is 0 Å². The van der Waals surface area contributed by atoms with Gasteiger partial charge >= 0.3 is 37.9 Å². The van der Waals surface area contributed by atoms with Gasteiger partial charge in [0.1, 0.15) is 0 Å². The van der Waals surface area contributed by atoms with Crippen molar-refractivity contribution in [3.8, 4) is 0 Å². The maximum atomic E-state index is 4.93. The van der Waals surface area contributed by atoms with Crippen molar-refractivity contribution < 1.29 is 20.8 Å². The third-order valence-corrected chi connectivity index (χ3v) is 2.71. The standard InChI is InChI=1S/C13H16.2ClH.Zr/c1-9(2)12-6-4-5-11-7-10(3)8-13(11)12;;;/h4-6,8-9H,7H2,1-3H3;2*1H;/q;;;+2/p-2. The Bertz CT molecular complexity index is 384. The van der Waals surface area contributed by atoms with Gasteiger partial charge in [0.05, 0.1) is 0 Å². The van der Waals surface area contributed by atoms with Crippen LogP contribution in [0.3, 0.4) is 0 Å². The molecule has 0 aromatic heterocycles. The van der Waals surface area contributed by atoms with Gasteiger partial charge in [-0.1, -0.05) is 43.7 Å². The van der Waals surface area contributed by atoms with Gasteiger partial charge in [-0.3, -0.25) is 0 Å². The average molecular weight is 334 g/mol. The summed E-state index contributed by atoms with van der Waals surface area (Å²) in [7, 11) is 9.87. The third kappa shape index (κ3) is 3.72. The van der Waals surface area contributed by atoms with Crippen LogP contribution >= 0.6 is 17.0 Å². The molecule has 0 atom stereocenters. The van der Waals surface area contributed by atoms with Crippen LogP contribution in [0.1, 0.15) is 43.4 Å². The normalized spacial score (nSPS) is 12.8. The van der Waals surface area contributed by atoms with Gasteiger partial charge in [-0.05, 0) is 36.0 Å². The summed E-state index contributed by atoms with van der Waals surface area (Å²) >= 11 is -0.826. The van der Waals surface area contributed by atoms with E-state index in [-0.39, 0.29) is 0 Å². The first kappa shape index (κ1) is 14.5. The first-order valence-corrected chi connectivity index (χ1v) is 11.7. The van der Waals surface area contributed by atoms with Crippen molar-refractivity contribution in [1.29, 1.82) is 0 Å². The van der Waals surface area contributed by atoms with E-state index in [9.17, 15) is 0 Å². The summed E-state index contributed by atoms with van der Waals surface area (Å²) in [5.74, 6) is 0.636. The number of hydrogen-bond acceptors (Lipinski definition) is 0. The second kappa shape index (κ2) is 6.99. The molecule has 3 heteroatoms. The molecule has 1 aliphatic carbocycles. The molecule has 1 aromatic carbocycles. The van der Waals surface area contributed by atoms with Crippen LogP contribution < -0.4 is 0 Å². The molecule has 0 N–H and O–H groups in total. The van der Waals surface area contributed by atoms with Gasteiger partial charge in [0.15, 0.2) is 0 Å². The third-order valence-electron chi connectivity index (χ3n) is 2.71. The van der Waals surface area contributed by atoms with Gasteiger partial charge in [-0.2, -0.15) is 0 Å². The molecule has 0 spiro atoms. The Balaban J connectivity index is 0.000000386. The fourth-order valence-electron chi connectivity index (χ4n) is 2.06. The molecule has 0 fully saturated rings. The number of benzene rings is 1. The number of hydrogen-bond donors (Lipinski definition) is 0. The van der Waals surface area contributed by atoms with Crippen LogP contribution in [0.4, 0.5) is 0 Å². The molecule has 0 saturated heterocycles. The summed E-state index contributed by atoms with van der Waals surface area (Å²) in [6, 6.07) is 6.67. The summed E-state index contributed by atoms with van der Waals surface area (Å²) in [4.78, 5) is 0. The Kier molecular flexibility index (Phi) is 6.33. The van der Waals surface area contributed by atoms with Crippen LogP contribution in [-0.2, 0) is 27.3 Å². The van der Waals surface area contributed by atoms with E-state index in [1.807, 2.05) is 0 Å². The summed E-state index contributed by atoms with van der Waals surface area (Å²) in [5, 5.41) is 0. The van der Waals surface area contributed by atoms with Crippen molar-refractivity contribution in [2.24, 2.45) is 0 Å². The summed E-state index contributed by atoms with van der Waals surface area (Å²) in [6.07, 6.45) is 3.49. The number of rotatable bonds is 1. The van der Waals surface area contributed by atoms with Crippen molar-refractivity contribution in [2.45, 2.75) is 33.1 Å². The molecular formula is C13H16Cl2Zr. The van der Waals surface area contributed by atoms with Crippen molar-refractivity contribution in [3.05, 3.63) is 40.5 Å². The van der Waals surface area contributed by atoms with Gasteiger partial charge in [-0.15, -0.1) is 0 Å². The minimum atomic E-state index is -0.826. The molecule has 0 radical (unpaired) electrons. The van der Waals surface area contributed by atoms with Gasteiger partial charge in [0.25, 0.3) is 0 Å². The van der Waals surface area contributed by atoms with E-state index >= 15 is 0 Å². The first-order chi connectivity index (χ1) is 7.60. The number of allylic oxidation sites excluding steroid dienone is 1. The molecule has 1 aliphatic rings. The van der Waals surface area contributed by atoms with E-state index in [1.54, 1.807) is 0 Å². The van der Waals surface area contributed by atoms with Crippen LogP contribution in [0.5, 0.6) is 0 Å². The number of fused-ring (bicyclic) bond motifs is 1. The molecule has 0 nitrogen and oxygen atoms in total. The predicted molar refractivity (Wildman–Crippen MR) is 69.6 cm³/mol. The zero-order chi connectivity index (χ0) is 12.1. The van der Waals surface area contributed by atoms with E-state index in [4.69, 9.17) is 17.0 Å². The summed E-state index contributed by atoms with van der Waals surface area (Å²) < 4.78 is 0. The minimum absolute atomic E-state index is 0.636. The van der Waals surface area contributed by atoms with Crippen molar-refractivity contribution in [2.75, 3.05) is 0 Å². The van der Waals surface area contributed by atoms with Crippen LogP contribution in [0.2, 0.25) is 0 Å². The van der Waals surface area contributed by atoms with Crippen LogP contribution in [0.25, 0.3) is 6.08 Å². The SMILES string of the molecule is CC1=Cc2c(cccc2C(C)C)C1.[Cl][Zr][Cl]. The zero-order valence-corrected chi connectivity index (χ0v) is 13.8. The molecule has 1 aromatic rings. The fourth-order valence-corrected chi connectivity index (χ4v) is 2.06. The summed E-state index contributed by atoms with van der Waals surface area (Å²) in [5.41, 5.74) is 5.97. The molecule has 86 valence electrons. The quantitative estimate of drug-likeness (QED) is 0.666. The van der Waals surface area contributed by atoms with Gasteiger partial charge in [-0.25, -0.2) is 0 Å². The van der Waals surface area contributed by atoms with Gasteiger partial charge in [0, 0.05) is 0 Å². The van der Waals surface area contributed by atoms with Crippen LogP contribution in [-0.4, -0.2) is 0 Å². The molecule has 16 heavy (non-hydrogen) atoms. The first-order valence-electron chi connectivity index (χ1n) is 5.35. The van der Waals surface area contributed by atoms with Crippen molar-refractivity contribution in [3.63, 3.8) is 0 Å². The molecule has 0 amide bonds. The Morgan fingerprint density at radius 1 is 1.25 bits per heavy atom. The predicted octanol–water partition coefficient (Wildman–Crippen LogP) is 5.15. The molecule has 0 aliphatic heterocycles. The Morgan fingerprint density at radius 2 is 1.88 bits per heavy atom. The van der Waals surface area contributed by atoms with Gasteiger partial charge in [0.2, 0.25) is 0 Å². The van der Waals surface area contributed by atoms with Crippen LogP contribution in [0, 0.1) is 0 Å². The molecule has 0 saturated carbocycles. The van der Waals surface area contributed by atoms with E-state index in [1.165, 1.54) is 22.3 Å².